The number of benzene rings is 2. The maximum Gasteiger partial charge on any atom is 0.0471 e. The third-order valence-electron chi connectivity index (χ3n) is 2.58. The molecule has 76 valence electrons. The van der Waals surface area contributed by atoms with Crippen LogP contribution in [0, 0.1) is 5.41 Å². The minimum Gasteiger partial charge on any atom is -0.396 e. The Morgan fingerprint density at radius 1 is 1.07 bits per heavy atom. The Morgan fingerprint density at radius 2 is 1.80 bits per heavy atom. The lowest BCUT2D eigenvalue weighted by Gasteiger charge is -2.07. The van der Waals surface area contributed by atoms with Gasteiger partial charge in [0, 0.05) is 12.8 Å². The molecule has 2 nitrogen and oxygen atoms in total. The first kappa shape index (κ1) is 9.87. The molecular weight excluding hydrogens is 186 g/mol. The van der Waals surface area contributed by atoms with Crippen LogP contribution >= 0.6 is 0 Å². The quantitative estimate of drug-likeness (QED) is 0.732. The van der Waals surface area contributed by atoms with E-state index >= 15 is 0 Å². The van der Waals surface area contributed by atoms with E-state index in [0.717, 1.165) is 21.9 Å². The van der Waals surface area contributed by atoms with Crippen LogP contribution in [0.4, 0.5) is 0 Å². The van der Waals surface area contributed by atoms with Crippen molar-refractivity contribution in [2.75, 3.05) is 6.61 Å². The van der Waals surface area contributed by atoms with Crippen LogP contribution in [0.2, 0.25) is 0 Å². The van der Waals surface area contributed by atoms with Crippen molar-refractivity contribution < 1.29 is 5.11 Å². The van der Waals surface area contributed by atoms with E-state index in [1.807, 2.05) is 36.4 Å². The Kier molecular flexibility index (Phi) is 2.79. The van der Waals surface area contributed by atoms with Crippen molar-refractivity contribution in [1.29, 1.82) is 5.41 Å². The first-order chi connectivity index (χ1) is 7.36. The fourth-order valence-electron chi connectivity index (χ4n) is 1.85. The van der Waals surface area contributed by atoms with Gasteiger partial charge in [-0.3, -0.25) is 0 Å². The van der Waals surface area contributed by atoms with Gasteiger partial charge in [0.05, 0.1) is 0 Å². The van der Waals surface area contributed by atoms with Crippen molar-refractivity contribution >= 4 is 17.0 Å². The molecule has 2 aromatic carbocycles. The van der Waals surface area contributed by atoms with E-state index in [0.29, 0.717) is 6.42 Å². The third kappa shape index (κ3) is 1.76. The number of rotatable bonds is 3. The van der Waals surface area contributed by atoms with Gasteiger partial charge >= 0.3 is 0 Å². The lowest BCUT2D eigenvalue weighted by molar-refractivity contribution is 0.300. The second-order valence-electron chi connectivity index (χ2n) is 3.48. The molecule has 0 unspecified atom stereocenters. The van der Waals surface area contributed by atoms with E-state index in [2.05, 4.69) is 0 Å². The van der Waals surface area contributed by atoms with Crippen LogP contribution in [0.1, 0.15) is 11.1 Å². The average Bonchev–Trinajstić information content (AvgIpc) is 2.30. The molecule has 2 heteroatoms. The molecule has 0 aliphatic heterocycles. The molecule has 2 aromatic rings. The molecule has 0 radical (unpaired) electrons. The summed E-state index contributed by atoms with van der Waals surface area (Å²) < 4.78 is 0. The van der Waals surface area contributed by atoms with Crippen molar-refractivity contribution in [3.8, 4) is 0 Å². The number of hydrogen-bond donors (Lipinski definition) is 2. The predicted molar refractivity (Wildman–Crippen MR) is 62.6 cm³/mol. The van der Waals surface area contributed by atoms with Gasteiger partial charge in [0.25, 0.3) is 0 Å². The van der Waals surface area contributed by atoms with Gasteiger partial charge in [-0.05, 0) is 28.3 Å². The molecule has 15 heavy (non-hydrogen) atoms. The molecule has 0 saturated carbocycles. The molecule has 0 spiro atoms. The average molecular weight is 199 g/mol. The van der Waals surface area contributed by atoms with Gasteiger partial charge in [0.15, 0.2) is 0 Å². The summed E-state index contributed by atoms with van der Waals surface area (Å²) in [7, 11) is 0. The standard InChI is InChI=1S/C13H13NO/c14-9-11-6-5-10(7-8-15)12-3-1-2-4-13(11)12/h1-6,9,14-15H,7-8H2. The maximum absolute atomic E-state index is 8.96. The molecule has 0 atom stereocenters. The lowest BCUT2D eigenvalue weighted by Crippen LogP contribution is -1.94. The molecule has 0 amide bonds. The fourth-order valence-corrected chi connectivity index (χ4v) is 1.85. The Bertz CT molecular complexity index is 491. The topological polar surface area (TPSA) is 44.1 Å². The van der Waals surface area contributed by atoms with Gasteiger partial charge < -0.3 is 10.5 Å². The van der Waals surface area contributed by atoms with Crippen LogP contribution in [-0.4, -0.2) is 17.9 Å². The van der Waals surface area contributed by atoms with Crippen LogP contribution < -0.4 is 0 Å². The van der Waals surface area contributed by atoms with Gasteiger partial charge in [-0.25, -0.2) is 0 Å². The van der Waals surface area contributed by atoms with Crippen LogP contribution in [0.15, 0.2) is 36.4 Å². The summed E-state index contributed by atoms with van der Waals surface area (Å²) in [6.07, 6.45) is 2.03. The van der Waals surface area contributed by atoms with Gasteiger partial charge in [-0.2, -0.15) is 0 Å². The van der Waals surface area contributed by atoms with E-state index in [-0.39, 0.29) is 6.61 Å². The highest BCUT2D eigenvalue weighted by Crippen LogP contribution is 2.22. The third-order valence-corrected chi connectivity index (χ3v) is 2.58. The molecule has 0 bridgehead atoms. The second kappa shape index (κ2) is 4.24. The molecule has 2 rings (SSSR count). The number of aliphatic hydroxyl groups excluding tert-OH is 1. The van der Waals surface area contributed by atoms with E-state index in [1.54, 1.807) is 0 Å². The Balaban J connectivity index is 2.71. The predicted octanol–water partition coefficient (Wildman–Crippen LogP) is 2.37. The molecule has 0 fully saturated rings. The first-order valence-electron chi connectivity index (χ1n) is 4.99. The maximum atomic E-state index is 8.96. The number of fused-ring (bicyclic) bond motifs is 1. The molecule has 0 aliphatic rings. The van der Waals surface area contributed by atoms with E-state index < -0.39 is 0 Å². The smallest absolute Gasteiger partial charge is 0.0471 e. The summed E-state index contributed by atoms with van der Waals surface area (Å²) in [5.41, 5.74) is 2.06. The summed E-state index contributed by atoms with van der Waals surface area (Å²) in [5.74, 6) is 0. The van der Waals surface area contributed by atoms with Crippen molar-refractivity contribution in [1.82, 2.24) is 0 Å². The normalized spacial score (nSPS) is 10.5. The summed E-state index contributed by atoms with van der Waals surface area (Å²) in [4.78, 5) is 0. The summed E-state index contributed by atoms with van der Waals surface area (Å²) in [5, 5.41) is 18.5. The summed E-state index contributed by atoms with van der Waals surface area (Å²) >= 11 is 0. The van der Waals surface area contributed by atoms with E-state index in [9.17, 15) is 0 Å². The van der Waals surface area contributed by atoms with Crippen LogP contribution in [0.3, 0.4) is 0 Å². The van der Waals surface area contributed by atoms with Crippen molar-refractivity contribution in [2.24, 2.45) is 0 Å². The minimum atomic E-state index is 0.161. The Morgan fingerprint density at radius 3 is 2.47 bits per heavy atom. The fraction of sp³-hybridized carbons (Fsp3) is 0.154. The van der Waals surface area contributed by atoms with E-state index in [1.165, 1.54) is 6.21 Å². The highest BCUT2D eigenvalue weighted by atomic mass is 16.2. The van der Waals surface area contributed by atoms with Crippen LogP contribution in [0.5, 0.6) is 0 Å². The molecule has 0 aliphatic carbocycles. The zero-order valence-corrected chi connectivity index (χ0v) is 8.40. The van der Waals surface area contributed by atoms with Crippen LogP contribution in [0.25, 0.3) is 10.8 Å². The number of hydrogen-bond acceptors (Lipinski definition) is 2. The summed E-state index contributed by atoms with van der Waals surface area (Å²) in [6.45, 7) is 0.161. The second-order valence-corrected chi connectivity index (χ2v) is 3.48. The minimum absolute atomic E-state index is 0.161. The molecule has 2 N–H and O–H groups in total. The van der Waals surface area contributed by atoms with Crippen molar-refractivity contribution in [3.05, 3.63) is 47.5 Å². The van der Waals surface area contributed by atoms with Gasteiger partial charge in [-0.15, -0.1) is 0 Å². The van der Waals surface area contributed by atoms with Crippen molar-refractivity contribution in [2.45, 2.75) is 6.42 Å². The van der Waals surface area contributed by atoms with Gasteiger partial charge in [-0.1, -0.05) is 36.4 Å². The summed E-state index contributed by atoms with van der Waals surface area (Å²) in [6, 6.07) is 11.9. The van der Waals surface area contributed by atoms with Gasteiger partial charge in [0.1, 0.15) is 0 Å². The SMILES string of the molecule is N=Cc1ccc(CCO)c2ccccc12. The van der Waals surface area contributed by atoms with Crippen molar-refractivity contribution in [3.63, 3.8) is 0 Å². The van der Waals surface area contributed by atoms with Crippen LogP contribution in [-0.2, 0) is 6.42 Å². The first-order valence-corrected chi connectivity index (χ1v) is 4.99. The number of nitrogens with one attached hydrogen (secondary N) is 1. The largest absolute Gasteiger partial charge is 0.396 e. The molecule has 0 aromatic heterocycles. The Labute approximate surface area is 88.7 Å². The van der Waals surface area contributed by atoms with E-state index in [4.69, 9.17) is 10.5 Å². The zero-order chi connectivity index (χ0) is 10.7. The highest BCUT2D eigenvalue weighted by molar-refractivity contribution is 6.00. The van der Waals surface area contributed by atoms with Gasteiger partial charge in [0.2, 0.25) is 0 Å². The molecular formula is C13H13NO. The highest BCUT2D eigenvalue weighted by Gasteiger charge is 2.03. The number of aliphatic hydroxyl groups is 1. The lowest BCUT2D eigenvalue weighted by atomic mass is 9.98. The molecule has 0 heterocycles. The Hall–Kier alpha value is -1.67. The molecule has 0 saturated heterocycles. The monoisotopic (exact) mass is 199 g/mol. The zero-order valence-electron chi connectivity index (χ0n) is 8.40.